The molecule has 0 amide bonds. The maximum atomic E-state index is 10.2. The van der Waals surface area contributed by atoms with Gasteiger partial charge in [-0.05, 0) is 49.2 Å². The van der Waals surface area contributed by atoms with Gasteiger partial charge in [0.1, 0.15) is 36.9 Å². The van der Waals surface area contributed by atoms with Crippen LogP contribution in [0.15, 0.2) is 84.9 Å². The highest BCUT2D eigenvalue weighted by Gasteiger charge is 2.11. The number of hydrogen-bond donors (Lipinski definition) is 4. The summed E-state index contributed by atoms with van der Waals surface area (Å²) < 4.78 is 11.4. The van der Waals surface area contributed by atoms with Crippen LogP contribution in [0.1, 0.15) is 37.1 Å². The summed E-state index contributed by atoms with van der Waals surface area (Å²) >= 11 is 0. The Labute approximate surface area is 202 Å². The third-order valence-electron chi connectivity index (χ3n) is 5.63. The summed E-state index contributed by atoms with van der Waals surface area (Å²) in [5.74, 6) is 1.31. The molecular formula is C28H36N2O4. The Balaban J connectivity index is 1.32. The molecule has 0 saturated heterocycles. The minimum absolute atomic E-state index is 0.152. The lowest BCUT2D eigenvalue weighted by atomic mass is 10.1. The summed E-state index contributed by atoms with van der Waals surface area (Å²) in [4.78, 5) is 0. The number of hydrogen-bond acceptors (Lipinski definition) is 6. The molecule has 6 heteroatoms. The Bertz CT molecular complexity index is 859. The number of rotatable bonds is 14. The maximum Gasteiger partial charge on any atom is 0.119 e. The number of aliphatic hydroxyl groups excluding tert-OH is 2. The number of ether oxygens (including phenoxy) is 2. The molecule has 0 bridgehead atoms. The van der Waals surface area contributed by atoms with Gasteiger partial charge in [-0.25, -0.2) is 0 Å². The monoisotopic (exact) mass is 464 g/mol. The van der Waals surface area contributed by atoms with Gasteiger partial charge in [0.05, 0.1) is 0 Å². The van der Waals surface area contributed by atoms with Crippen molar-refractivity contribution in [1.29, 1.82) is 0 Å². The van der Waals surface area contributed by atoms with E-state index in [1.54, 1.807) is 24.3 Å². The van der Waals surface area contributed by atoms with Gasteiger partial charge in [-0.3, -0.25) is 0 Å². The van der Waals surface area contributed by atoms with Gasteiger partial charge in [-0.1, -0.05) is 60.7 Å². The van der Waals surface area contributed by atoms with Crippen LogP contribution in [0.4, 0.5) is 0 Å². The first kappa shape index (κ1) is 25.7. The first-order valence-electron chi connectivity index (χ1n) is 11.8. The molecule has 0 aliphatic carbocycles. The quantitative estimate of drug-likeness (QED) is 0.290. The van der Waals surface area contributed by atoms with Crippen molar-refractivity contribution in [3.05, 3.63) is 96.1 Å². The molecule has 3 aromatic carbocycles. The van der Waals surface area contributed by atoms with Crippen LogP contribution < -0.4 is 20.1 Å². The predicted molar refractivity (Wildman–Crippen MR) is 135 cm³/mol. The van der Waals surface area contributed by atoms with Crippen molar-refractivity contribution in [3.8, 4) is 11.5 Å². The molecule has 0 aliphatic heterocycles. The van der Waals surface area contributed by atoms with Crippen molar-refractivity contribution in [1.82, 2.24) is 10.6 Å². The van der Waals surface area contributed by atoms with E-state index in [0.29, 0.717) is 24.6 Å². The topological polar surface area (TPSA) is 83.0 Å². The van der Waals surface area contributed by atoms with Crippen molar-refractivity contribution >= 4 is 0 Å². The zero-order valence-electron chi connectivity index (χ0n) is 19.9. The van der Waals surface area contributed by atoms with Crippen LogP contribution in [0.2, 0.25) is 0 Å². The molecule has 4 N–H and O–H groups in total. The minimum Gasteiger partial charge on any atom is -0.491 e. The van der Waals surface area contributed by atoms with Gasteiger partial charge in [0.2, 0.25) is 0 Å². The van der Waals surface area contributed by atoms with E-state index in [-0.39, 0.29) is 25.3 Å². The van der Waals surface area contributed by atoms with Gasteiger partial charge in [0.15, 0.2) is 0 Å². The third kappa shape index (κ3) is 8.80. The molecule has 0 spiro atoms. The second-order valence-corrected chi connectivity index (χ2v) is 8.48. The fourth-order valence-corrected chi connectivity index (χ4v) is 3.48. The van der Waals surface area contributed by atoms with E-state index in [0.717, 1.165) is 0 Å². The lowest BCUT2D eigenvalue weighted by molar-refractivity contribution is 0.102. The molecule has 3 aromatic rings. The molecule has 0 aromatic heterocycles. The fourth-order valence-electron chi connectivity index (χ4n) is 3.48. The zero-order chi connectivity index (χ0) is 24.2. The van der Waals surface area contributed by atoms with Gasteiger partial charge in [-0.2, -0.15) is 0 Å². The van der Waals surface area contributed by atoms with E-state index < -0.39 is 12.2 Å². The molecule has 0 saturated carbocycles. The normalized spacial score (nSPS) is 14.7. The minimum atomic E-state index is -0.622. The first-order valence-corrected chi connectivity index (χ1v) is 11.8. The van der Waals surface area contributed by atoms with Gasteiger partial charge in [0, 0.05) is 25.2 Å². The Kier molecular flexibility index (Phi) is 10.4. The molecule has 0 fully saturated rings. The fraction of sp³-hybridized carbons (Fsp3) is 0.357. The highest BCUT2D eigenvalue weighted by molar-refractivity contribution is 5.31. The van der Waals surface area contributed by atoms with E-state index in [2.05, 4.69) is 48.7 Å². The van der Waals surface area contributed by atoms with E-state index in [4.69, 9.17) is 9.47 Å². The van der Waals surface area contributed by atoms with Crippen LogP contribution in [0.5, 0.6) is 11.5 Å². The summed E-state index contributed by atoms with van der Waals surface area (Å²) in [7, 11) is 0. The third-order valence-corrected chi connectivity index (χ3v) is 5.63. The number of aliphatic hydroxyl groups is 2. The second kappa shape index (κ2) is 13.7. The molecule has 4 atom stereocenters. The van der Waals surface area contributed by atoms with Crippen molar-refractivity contribution in [3.63, 3.8) is 0 Å². The van der Waals surface area contributed by atoms with Crippen molar-refractivity contribution < 1.29 is 19.7 Å². The summed E-state index contributed by atoms with van der Waals surface area (Å²) in [5.41, 5.74) is 2.36. The van der Waals surface area contributed by atoms with Crippen molar-refractivity contribution in [2.45, 2.75) is 38.1 Å². The highest BCUT2D eigenvalue weighted by Crippen LogP contribution is 2.18. The summed E-state index contributed by atoms with van der Waals surface area (Å²) in [6.07, 6.45) is -1.24. The van der Waals surface area contributed by atoms with E-state index in [9.17, 15) is 10.2 Å². The lowest BCUT2D eigenvalue weighted by Crippen LogP contribution is -2.33. The van der Waals surface area contributed by atoms with Crippen LogP contribution in [0, 0.1) is 0 Å². The zero-order valence-corrected chi connectivity index (χ0v) is 19.9. The first-order chi connectivity index (χ1) is 16.5. The average molecular weight is 465 g/mol. The average Bonchev–Trinajstić information content (AvgIpc) is 2.89. The van der Waals surface area contributed by atoms with E-state index in [1.165, 1.54) is 11.1 Å². The molecule has 182 valence electrons. The molecule has 0 aliphatic rings. The Hall–Kier alpha value is -2.90. The Morgan fingerprint density at radius 3 is 1.29 bits per heavy atom. The Morgan fingerprint density at radius 1 is 0.588 bits per heavy atom. The number of nitrogens with one attached hydrogen (secondary N) is 2. The molecule has 3 rings (SSSR count). The van der Waals surface area contributed by atoms with Gasteiger partial charge < -0.3 is 30.3 Å². The second-order valence-electron chi connectivity index (χ2n) is 8.48. The maximum absolute atomic E-state index is 10.2. The summed E-state index contributed by atoms with van der Waals surface area (Å²) in [6.45, 7) is 5.40. The largest absolute Gasteiger partial charge is 0.491 e. The van der Waals surface area contributed by atoms with Crippen LogP contribution in [-0.4, -0.2) is 48.7 Å². The lowest BCUT2D eigenvalue weighted by Gasteiger charge is -2.18. The van der Waals surface area contributed by atoms with Crippen molar-refractivity contribution in [2.24, 2.45) is 0 Å². The van der Waals surface area contributed by atoms with Crippen LogP contribution >= 0.6 is 0 Å². The SMILES string of the molecule is CC(NCC(O)COc1ccc(OCC(O)CNC(C)c2ccccc2)cc1)c1ccccc1. The Morgan fingerprint density at radius 2 is 0.941 bits per heavy atom. The summed E-state index contributed by atoms with van der Waals surface area (Å²) in [5, 5.41) is 27.1. The predicted octanol–water partition coefficient (Wildman–Crippen LogP) is 3.87. The molecule has 0 heterocycles. The van der Waals surface area contributed by atoms with Crippen LogP contribution in [0.3, 0.4) is 0 Å². The van der Waals surface area contributed by atoms with E-state index >= 15 is 0 Å². The van der Waals surface area contributed by atoms with Gasteiger partial charge in [-0.15, -0.1) is 0 Å². The van der Waals surface area contributed by atoms with Gasteiger partial charge >= 0.3 is 0 Å². The highest BCUT2D eigenvalue weighted by atomic mass is 16.5. The standard InChI is InChI=1S/C28H36N2O4/c1-21(23-9-5-3-6-10-23)29-17-25(31)19-33-27-13-15-28(16-14-27)34-20-26(32)18-30-22(2)24-11-7-4-8-12-24/h3-16,21-22,25-26,29-32H,17-20H2,1-2H3. The molecule has 6 nitrogen and oxygen atoms in total. The van der Waals surface area contributed by atoms with Crippen molar-refractivity contribution in [2.75, 3.05) is 26.3 Å². The molecular weight excluding hydrogens is 428 g/mol. The van der Waals surface area contributed by atoms with Crippen LogP contribution in [0.25, 0.3) is 0 Å². The molecule has 34 heavy (non-hydrogen) atoms. The van der Waals surface area contributed by atoms with Gasteiger partial charge in [0.25, 0.3) is 0 Å². The summed E-state index contributed by atoms with van der Waals surface area (Å²) in [6, 6.07) is 27.7. The van der Waals surface area contributed by atoms with Crippen LogP contribution in [-0.2, 0) is 0 Å². The molecule has 4 unspecified atom stereocenters. The molecule has 0 radical (unpaired) electrons. The van der Waals surface area contributed by atoms with E-state index in [1.807, 2.05) is 36.4 Å². The smallest absolute Gasteiger partial charge is 0.119 e. The number of benzene rings is 3.